The molecule has 0 aliphatic carbocycles. The average Bonchev–Trinajstić information content (AvgIpc) is 2.51. The fraction of sp³-hybridized carbons (Fsp3) is 0.333. The molecule has 2 rings (SSSR count). The Morgan fingerprint density at radius 1 is 1.27 bits per heavy atom. The van der Waals surface area contributed by atoms with Crippen LogP contribution in [0, 0.1) is 6.92 Å². The number of anilines is 4. The first kappa shape index (κ1) is 16.3. The van der Waals surface area contributed by atoms with Crippen LogP contribution in [0.3, 0.4) is 0 Å². The first-order chi connectivity index (χ1) is 10.6. The maximum absolute atomic E-state index is 6.12. The number of benzene rings is 1. The third-order valence-corrected chi connectivity index (χ3v) is 3.63. The molecule has 0 aliphatic rings. The van der Waals surface area contributed by atoms with Crippen LogP contribution in [0.5, 0.6) is 0 Å². The van der Waals surface area contributed by atoms with E-state index < -0.39 is 0 Å². The van der Waals surface area contributed by atoms with Crippen molar-refractivity contribution >= 4 is 34.6 Å². The highest BCUT2D eigenvalue weighted by Crippen LogP contribution is 2.29. The zero-order valence-electron chi connectivity index (χ0n) is 12.7. The van der Waals surface area contributed by atoms with Crippen LogP contribution in [0.2, 0.25) is 5.02 Å². The van der Waals surface area contributed by atoms with Gasteiger partial charge in [-0.15, -0.1) is 0 Å². The molecule has 0 spiro atoms. The van der Waals surface area contributed by atoms with Gasteiger partial charge in [0.1, 0.15) is 12.0 Å². The van der Waals surface area contributed by atoms with Gasteiger partial charge >= 0.3 is 0 Å². The summed E-state index contributed by atoms with van der Waals surface area (Å²) in [7, 11) is 1.67. The van der Waals surface area contributed by atoms with Crippen LogP contribution in [0.25, 0.3) is 0 Å². The number of nitrogens with one attached hydrogen (secondary N) is 2. The van der Waals surface area contributed by atoms with Gasteiger partial charge in [-0.3, -0.25) is 0 Å². The zero-order chi connectivity index (χ0) is 15.9. The SMILES string of the molecule is COCCCNc1ncnc(Nc2cccc(Cl)c2C)c1N. The molecule has 1 aromatic carbocycles. The standard InChI is InChI=1S/C15H20ClN5O/c1-10-11(16)5-3-6-12(10)21-15-13(17)14(19-9-20-15)18-7-4-8-22-2/h3,5-6,9H,4,7-8,17H2,1-2H3,(H2,18,19,20,21). The van der Waals surface area contributed by atoms with E-state index in [4.69, 9.17) is 22.1 Å². The van der Waals surface area contributed by atoms with Crippen molar-refractivity contribution in [1.82, 2.24) is 9.97 Å². The van der Waals surface area contributed by atoms with E-state index in [0.29, 0.717) is 29.0 Å². The summed E-state index contributed by atoms with van der Waals surface area (Å²) in [6, 6.07) is 5.64. The van der Waals surface area contributed by atoms with Gasteiger partial charge in [-0.2, -0.15) is 0 Å². The lowest BCUT2D eigenvalue weighted by Crippen LogP contribution is -2.10. The molecule has 6 nitrogen and oxygen atoms in total. The fourth-order valence-corrected chi connectivity index (χ4v) is 2.10. The Hall–Kier alpha value is -2.05. The van der Waals surface area contributed by atoms with E-state index in [1.807, 2.05) is 25.1 Å². The van der Waals surface area contributed by atoms with Crippen LogP contribution in [0.15, 0.2) is 24.5 Å². The van der Waals surface area contributed by atoms with Crippen molar-refractivity contribution in [1.29, 1.82) is 0 Å². The van der Waals surface area contributed by atoms with E-state index in [0.717, 1.165) is 24.2 Å². The van der Waals surface area contributed by atoms with Gasteiger partial charge in [0.25, 0.3) is 0 Å². The van der Waals surface area contributed by atoms with Crippen LogP contribution in [0.4, 0.5) is 23.0 Å². The van der Waals surface area contributed by atoms with Gasteiger partial charge in [-0.1, -0.05) is 17.7 Å². The van der Waals surface area contributed by atoms with Crippen molar-refractivity contribution < 1.29 is 4.74 Å². The molecule has 2 aromatic rings. The summed E-state index contributed by atoms with van der Waals surface area (Å²) in [6.07, 6.45) is 2.34. The van der Waals surface area contributed by atoms with Gasteiger partial charge in [0.05, 0.1) is 0 Å². The summed E-state index contributed by atoms with van der Waals surface area (Å²) in [5, 5.41) is 7.07. The molecule has 118 valence electrons. The summed E-state index contributed by atoms with van der Waals surface area (Å²) in [6.45, 7) is 3.35. The number of nitrogens with two attached hydrogens (primary N) is 1. The van der Waals surface area contributed by atoms with E-state index in [1.54, 1.807) is 7.11 Å². The fourth-order valence-electron chi connectivity index (χ4n) is 1.93. The third-order valence-electron chi connectivity index (χ3n) is 3.22. The second-order valence-corrected chi connectivity index (χ2v) is 5.20. The molecule has 0 atom stereocenters. The highest BCUT2D eigenvalue weighted by molar-refractivity contribution is 6.31. The lowest BCUT2D eigenvalue weighted by Gasteiger charge is -2.14. The van der Waals surface area contributed by atoms with Gasteiger partial charge in [-0.25, -0.2) is 9.97 Å². The summed E-state index contributed by atoms with van der Waals surface area (Å²) in [4.78, 5) is 8.36. The Bertz CT molecular complexity index is 635. The molecule has 4 N–H and O–H groups in total. The highest BCUT2D eigenvalue weighted by Gasteiger charge is 2.10. The number of rotatable bonds is 7. The zero-order valence-corrected chi connectivity index (χ0v) is 13.4. The van der Waals surface area contributed by atoms with Gasteiger partial charge in [-0.05, 0) is 31.0 Å². The van der Waals surface area contributed by atoms with Gasteiger partial charge < -0.3 is 21.1 Å². The summed E-state index contributed by atoms with van der Waals surface area (Å²) >= 11 is 6.12. The van der Waals surface area contributed by atoms with E-state index in [2.05, 4.69) is 20.6 Å². The smallest absolute Gasteiger partial charge is 0.159 e. The number of hydrogen-bond acceptors (Lipinski definition) is 6. The number of methoxy groups -OCH3 is 1. The van der Waals surface area contributed by atoms with Gasteiger partial charge in [0.15, 0.2) is 11.6 Å². The Balaban J connectivity index is 2.13. The highest BCUT2D eigenvalue weighted by atomic mass is 35.5. The van der Waals surface area contributed by atoms with E-state index in [-0.39, 0.29) is 0 Å². The van der Waals surface area contributed by atoms with Crippen molar-refractivity contribution in [3.63, 3.8) is 0 Å². The first-order valence-corrected chi connectivity index (χ1v) is 7.36. The Morgan fingerprint density at radius 2 is 2.05 bits per heavy atom. The van der Waals surface area contributed by atoms with Crippen LogP contribution < -0.4 is 16.4 Å². The maximum atomic E-state index is 6.12. The molecule has 7 heteroatoms. The van der Waals surface area contributed by atoms with Crippen LogP contribution >= 0.6 is 11.6 Å². The molecule has 0 amide bonds. The molecule has 22 heavy (non-hydrogen) atoms. The average molecular weight is 322 g/mol. The molecular formula is C15H20ClN5O. The lowest BCUT2D eigenvalue weighted by molar-refractivity contribution is 0.198. The predicted octanol–water partition coefficient (Wildman–Crippen LogP) is 3.21. The van der Waals surface area contributed by atoms with Crippen molar-refractivity contribution in [2.24, 2.45) is 0 Å². The molecule has 1 aromatic heterocycles. The van der Waals surface area contributed by atoms with Crippen molar-refractivity contribution in [3.05, 3.63) is 35.1 Å². The summed E-state index contributed by atoms with van der Waals surface area (Å²) in [5.41, 5.74) is 8.40. The molecular weight excluding hydrogens is 302 g/mol. The molecule has 0 saturated heterocycles. The van der Waals surface area contributed by atoms with E-state index in [9.17, 15) is 0 Å². The number of hydrogen-bond donors (Lipinski definition) is 3. The largest absolute Gasteiger partial charge is 0.393 e. The molecule has 0 saturated carbocycles. The predicted molar refractivity (Wildman–Crippen MR) is 90.9 cm³/mol. The summed E-state index contributed by atoms with van der Waals surface area (Å²) < 4.78 is 5.01. The molecule has 0 bridgehead atoms. The third kappa shape index (κ3) is 3.99. The summed E-state index contributed by atoms with van der Waals surface area (Å²) in [5.74, 6) is 1.16. The minimum atomic E-state index is 0.472. The Labute approximate surface area is 135 Å². The van der Waals surface area contributed by atoms with Crippen LogP contribution in [0.1, 0.15) is 12.0 Å². The normalized spacial score (nSPS) is 10.5. The number of halogens is 1. The number of ether oxygens (including phenoxy) is 1. The van der Waals surface area contributed by atoms with E-state index >= 15 is 0 Å². The lowest BCUT2D eigenvalue weighted by atomic mass is 10.2. The van der Waals surface area contributed by atoms with Crippen LogP contribution in [-0.4, -0.2) is 30.2 Å². The van der Waals surface area contributed by atoms with Crippen molar-refractivity contribution in [2.75, 3.05) is 36.6 Å². The molecule has 0 unspecified atom stereocenters. The quantitative estimate of drug-likeness (QED) is 0.679. The second kappa shape index (κ2) is 7.82. The Kier molecular flexibility index (Phi) is 5.80. The topological polar surface area (TPSA) is 85.1 Å². The molecule has 0 radical (unpaired) electrons. The maximum Gasteiger partial charge on any atom is 0.159 e. The number of nitrogens with zero attached hydrogens (tertiary/aromatic N) is 2. The van der Waals surface area contributed by atoms with Crippen molar-refractivity contribution in [3.8, 4) is 0 Å². The molecule has 1 heterocycles. The monoisotopic (exact) mass is 321 g/mol. The first-order valence-electron chi connectivity index (χ1n) is 6.99. The van der Waals surface area contributed by atoms with Crippen LogP contribution in [-0.2, 0) is 4.74 Å². The number of aromatic nitrogens is 2. The number of nitrogen functional groups attached to an aromatic ring is 1. The van der Waals surface area contributed by atoms with Gasteiger partial charge in [0.2, 0.25) is 0 Å². The Morgan fingerprint density at radius 3 is 2.82 bits per heavy atom. The molecule has 0 fully saturated rings. The minimum absolute atomic E-state index is 0.472. The second-order valence-electron chi connectivity index (χ2n) is 4.80. The van der Waals surface area contributed by atoms with Crippen molar-refractivity contribution in [2.45, 2.75) is 13.3 Å². The van der Waals surface area contributed by atoms with Gasteiger partial charge in [0, 0.05) is 31.0 Å². The van der Waals surface area contributed by atoms with E-state index in [1.165, 1.54) is 6.33 Å². The minimum Gasteiger partial charge on any atom is -0.393 e. The molecule has 0 aliphatic heterocycles.